The minimum Gasteiger partial charge on any atom is -0.444 e. The SMILES string of the molecule is CC(C)(C)OC(=O)NCCOCCOCCNc1ccc(Br)cn1. The van der Waals surface area contributed by atoms with Gasteiger partial charge in [-0.1, -0.05) is 0 Å². The zero-order valence-electron chi connectivity index (χ0n) is 14.4. The maximum atomic E-state index is 11.4. The van der Waals surface area contributed by atoms with Crippen molar-refractivity contribution in [1.29, 1.82) is 0 Å². The molecule has 0 spiro atoms. The summed E-state index contributed by atoms with van der Waals surface area (Å²) in [4.78, 5) is 15.6. The Morgan fingerprint density at radius 3 is 2.38 bits per heavy atom. The van der Waals surface area contributed by atoms with Crippen LogP contribution in [0.5, 0.6) is 0 Å². The van der Waals surface area contributed by atoms with Crippen LogP contribution < -0.4 is 10.6 Å². The van der Waals surface area contributed by atoms with Crippen molar-refractivity contribution in [1.82, 2.24) is 10.3 Å². The standard InChI is InChI=1S/C16H26BrN3O4/c1-16(2,3)24-15(21)19-7-9-23-11-10-22-8-6-18-14-5-4-13(17)12-20-14/h4-5,12H,6-11H2,1-3H3,(H,18,20)(H,19,21). The smallest absolute Gasteiger partial charge is 0.407 e. The molecule has 0 bridgehead atoms. The second-order valence-corrected chi connectivity index (χ2v) is 6.86. The van der Waals surface area contributed by atoms with Gasteiger partial charge in [-0.05, 0) is 48.8 Å². The monoisotopic (exact) mass is 403 g/mol. The zero-order chi connectivity index (χ0) is 17.8. The lowest BCUT2D eigenvalue weighted by molar-refractivity contribution is 0.0415. The fourth-order valence-electron chi connectivity index (χ4n) is 1.59. The molecule has 0 atom stereocenters. The van der Waals surface area contributed by atoms with Crippen molar-refractivity contribution in [3.05, 3.63) is 22.8 Å². The van der Waals surface area contributed by atoms with Gasteiger partial charge in [0.05, 0.1) is 26.4 Å². The summed E-state index contributed by atoms with van der Waals surface area (Å²) in [6.07, 6.45) is 1.30. The molecule has 24 heavy (non-hydrogen) atoms. The normalized spacial score (nSPS) is 11.2. The van der Waals surface area contributed by atoms with Gasteiger partial charge < -0.3 is 24.8 Å². The Bertz CT molecular complexity index is 477. The molecule has 136 valence electrons. The van der Waals surface area contributed by atoms with Crippen molar-refractivity contribution in [2.45, 2.75) is 26.4 Å². The summed E-state index contributed by atoms with van der Waals surface area (Å²) in [5.74, 6) is 0.811. The Hall–Kier alpha value is -1.38. The zero-order valence-corrected chi connectivity index (χ0v) is 16.0. The highest BCUT2D eigenvalue weighted by molar-refractivity contribution is 9.10. The van der Waals surface area contributed by atoms with Crippen LogP contribution in [0.1, 0.15) is 20.8 Å². The number of carbonyl (C=O) groups excluding carboxylic acids is 1. The molecular weight excluding hydrogens is 378 g/mol. The van der Waals surface area contributed by atoms with Crippen molar-refractivity contribution < 1.29 is 19.0 Å². The van der Waals surface area contributed by atoms with Gasteiger partial charge in [0.15, 0.2) is 0 Å². The van der Waals surface area contributed by atoms with Crippen LogP contribution >= 0.6 is 15.9 Å². The summed E-state index contributed by atoms with van der Waals surface area (Å²) in [6, 6.07) is 3.82. The van der Waals surface area contributed by atoms with E-state index in [2.05, 4.69) is 31.5 Å². The first-order valence-electron chi connectivity index (χ1n) is 7.84. The first-order chi connectivity index (χ1) is 11.4. The Labute approximate surface area is 151 Å². The molecule has 0 fully saturated rings. The van der Waals surface area contributed by atoms with Crippen LogP contribution in [0, 0.1) is 0 Å². The highest BCUT2D eigenvalue weighted by Gasteiger charge is 2.15. The predicted molar refractivity (Wildman–Crippen MR) is 96.3 cm³/mol. The number of alkyl carbamates (subject to hydrolysis) is 1. The molecule has 0 aromatic carbocycles. The van der Waals surface area contributed by atoms with Gasteiger partial charge in [-0.2, -0.15) is 0 Å². The molecule has 1 aromatic heterocycles. The van der Waals surface area contributed by atoms with Crippen molar-refractivity contribution >= 4 is 27.8 Å². The molecule has 0 aliphatic heterocycles. The van der Waals surface area contributed by atoms with Crippen LogP contribution in [0.15, 0.2) is 22.8 Å². The predicted octanol–water partition coefficient (Wildman–Crippen LogP) is 2.81. The van der Waals surface area contributed by atoms with Gasteiger partial charge in [0.1, 0.15) is 11.4 Å². The molecule has 0 saturated heterocycles. The van der Waals surface area contributed by atoms with Crippen molar-refractivity contribution in [3.63, 3.8) is 0 Å². The van der Waals surface area contributed by atoms with E-state index in [0.29, 0.717) is 39.5 Å². The molecule has 7 nitrogen and oxygen atoms in total. The summed E-state index contributed by atoms with van der Waals surface area (Å²) in [5, 5.41) is 5.78. The van der Waals surface area contributed by atoms with Gasteiger partial charge in [0, 0.05) is 23.8 Å². The third-order valence-electron chi connectivity index (χ3n) is 2.57. The molecule has 1 heterocycles. The largest absolute Gasteiger partial charge is 0.444 e. The number of nitrogens with one attached hydrogen (secondary N) is 2. The first-order valence-corrected chi connectivity index (χ1v) is 8.64. The van der Waals surface area contributed by atoms with Gasteiger partial charge in [0.2, 0.25) is 0 Å². The summed E-state index contributed by atoms with van der Waals surface area (Å²) < 4.78 is 16.8. The Morgan fingerprint density at radius 1 is 1.12 bits per heavy atom. The number of aromatic nitrogens is 1. The molecule has 0 radical (unpaired) electrons. The lowest BCUT2D eigenvalue weighted by Crippen LogP contribution is -2.34. The molecule has 2 N–H and O–H groups in total. The Balaban J connectivity index is 1.88. The van der Waals surface area contributed by atoms with E-state index in [1.165, 1.54) is 0 Å². The summed E-state index contributed by atoms with van der Waals surface area (Å²) in [6.45, 7) is 8.52. The number of pyridine rings is 1. The van der Waals surface area contributed by atoms with E-state index in [-0.39, 0.29) is 0 Å². The molecule has 1 aromatic rings. The average Bonchev–Trinajstić information content (AvgIpc) is 2.49. The molecule has 0 aliphatic rings. The van der Waals surface area contributed by atoms with E-state index in [1.54, 1.807) is 6.20 Å². The van der Waals surface area contributed by atoms with Crippen LogP contribution in [-0.2, 0) is 14.2 Å². The van der Waals surface area contributed by atoms with E-state index in [0.717, 1.165) is 10.3 Å². The number of hydrogen-bond acceptors (Lipinski definition) is 6. The number of hydrogen-bond donors (Lipinski definition) is 2. The highest BCUT2D eigenvalue weighted by atomic mass is 79.9. The lowest BCUT2D eigenvalue weighted by Gasteiger charge is -2.19. The van der Waals surface area contributed by atoms with Crippen molar-refractivity contribution in [2.24, 2.45) is 0 Å². The first kappa shape index (κ1) is 20.7. The summed E-state index contributed by atoms with van der Waals surface area (Å²) in [5.41, 5.74) is -0.488. The Kier molecular flexibility index (Phi) is 9.66. The molecule has 0 unspecified atom stereocenters. The van der Waals surface area contributed by atoms with Crippen molar-refractivity contribution in [2.75, 3.05) is 44.8 Å². The van der Waals surface area contributed by atoms with Crippen molar-refractivity contribution in [3.8, 4) is 0 Å². The van der Waals surface area contributed by atoms with Crippen LogP contribution in [0.2, 0.25) is 0 Å². The van der Waals surface area contributed by atoms with E-state index in [4.69, 9.17) is 14.2 Å². The minimum atomic E-state index is -0.488. The molecule has 1 rings (SSSR count). The van der Waals surface area contributed by atoms with E-state index >= 15 is 0 Å². The molecular formula is C16H26BrN3O4. The summed E-state index contributed by atoms with van der Waals surface area (Å²) in [7, 11) is 0. The summed E-state index contributed by atoms with van der Waals surface area (Å²) >= 11 is 3.34. The number of anilines is 1. The fourth-order valence-corrected chi connectivity index (χ4v) is 1.83. The maximum absolute atomic E-state index is 11.4. The third kappa shape index (κ3) is 11.2. The van der Waals surface area contributed by atoms with Crippen LogP contribution in [0.25, 0.3) is 0 Å². The van der Waals surface area contributed by atoms with Gasteiger partial charge in [0.25, 0.3) is 0 Å². The van der Waals surface area contributed by atoms with Gasteiger partial charge >= 0.3 is 6.09 Å². The van der Waals surface area contributed by atoms with Crippen LogP contribution in [0.3, 0.4) is 0 Å². The quantitative estimate of drug-likeness (QED) is 0.584. The Morgan fingerprint density at radius 2 is 1.79 bits per heavy atom. The number of rotatable bonds is 10. The lowest BCUT2D eigenvalue weighted by atomic mass is 10.2. The molecule has 8 heteroatoms. The number of carbonyl (C=O) groups is 1. The van der Waals surface area contributed by atoms with E-state index < -0.39 is 11.7 Å². The minimum absolute atomic E-state index is 0.408. The molecule has 0 aliphatic carbocycles. The fraction of sp³-hybridized carbons (Fsp3) is 0.625. The van der Waals surface area contributed by atoms with Gasteiger partial charge in [-0.15, -0.1) is 0 Å². The molecule has 1 amide bonds. The number of amides is 1. The topological polar surface area (TPSA) is 81.7 Å². The second-order valence-electron chi connectivity index (χ2n) is 5.94. The van der Waals surface area contributed by atoms with Gasteiger partial charge in [-0.3, -0.25) is 0 Å². The molecule has 0 saturated carbocycles. The number of halogens is 1. The highest BCUT2D eigenvalue weighted by Crippen LogP contribution is 2.09. The third-order valence-corrected chi connectivity index (χ3v) is 3.04. The average molecular weight is 404 g/mol. The number of ether oxygens (including phenoxy) is 3. The van der Waals surface area contributed by atoms with E-state index in [9.17, 15) is 4.79 Å². The van der Waals surface area contributed by atoms with Gasteiger partial charge in [-0.25, -0.2) is 9.78 Å². The van der Waals surface area contributed by atoms with E-state index in [1.807, 2.05) is 32.9 Å². The van der Waals surface area contributed by atoms with Crippen LogP contribution in [0.4, 0.5) is 10.6 Å². The van der Waals surface area contributed by atoms with Crippen LogP contribution in [-0.4, -0.2) is 56.2 Å². The maximum Gasteiger partial charge on any atom is 0.407 e. The second kappa shape index (κ2) is 11.2. The number of nitrogens with zero attached hydrogens (tertiary/aromatic N) is 1.